The minimum absolute atomic E-state index is 0.131. The van der Waals surface area contributed by atoms with Crippen molar-refractivity contribution in [1.29, 1.82) is 0 Å². The third kappa shape index (κ3) is 3.18. The normalized spacial score (nSPS) is 12.6. The van der Waals surface area contributed by atoms with Crippen LogP contribution in [0.15, 0.2) is 18.2 Å². The Morgan fingerprint density at radius 2 is 1.67 bits per heavy atom. The second kappa shape index (κ2) is 5.80. The predicted molar refractivity (Wildman–Crippen MR) is 60.0 cm³/mol. The Hall–Kier alpha value is -1.65. The summed E-state index contributed by atoms with van der Waals surface area (Å²) in [5, 5.41) is 0. The molecule has 1 unspecified atom stereocenters. The van der Waals surface area contributed by atoms with Gasteiger partial charge in [0.15, 0.2) is 5.78 Å². The Bertz CT molecular complexity index is 449. The lowest BCUT2D eigenvalue weighted by Crippen LogP contribution is -2.28. The zero-order valence-corrected chi connectivity index (χ0v) is 10.0. The van der Waals surface area contributed by atoms with Crippen LogP contribution in [0.25, 0.3) is 0 Å². The van der Waals surface area contributed by atoms with E-state index < -0.39 is 34.9 Å². The van der Waals surface area contributed by atoms with E-state index >= 15 is 0 Å². The molecule has 1 aromatic rings. The number of carbonyl (C=O) groups excluding carboxylic acids is 2. The van der Waals surface area contributed by atoms with Gasteiger partial charge in [-0.25, -0.2) is 13.2 Å². The average Bonchev–Trinajstić information content (AvgIpc) is 2.26. The first kappa shape index (κ1) is 14.4. The number of halogens is 3. The van der Waals surface area contributed by atoms with Crippen molar-refractivity contribution in [3.63, 3.8) is 0 Å². The summed E-state index contributed by atoms with van der Waals surface area (Å²) in [4.78, 5) is 22.9. The van der Waals surface area contributed by atoms with Crippen molar-refractivity contribution in [2.45, 2.75) is 26.4 Å². The lowest BCUT2D eigenvalue weighted by molar-refractivity contribution is -0.122. The smallest absolute Gasteiger partial charge is 0.221 e. The van der Waals surface area contributed by atoms with Crippen LogP contribution in [0, 0.1) is 17.6 Å². The largest absolute Gasteiger partial charge is 0.296 e. The van der Waals surface area contributed by atoms with Gasteiger partial charge in [0.2, 0.25) is 12.0 Å². The predicted octanol–water partition coefficient (Wildman–Crippen LogP) is 3.10. The lowest BCUT2D eigenvalue weighted by Gasteiger charge is -2.09. The summed E-state index contributed by atoms with van der Waals surface area (Å²) in [5.74, 6) is -4.89. The van der Waals surface area contributed by atoms with Gasteiger partial charge in [0, 0.05) is 6.42 Å². The van der Waals surface area contributed by atoms with Gasteiger partial charge in [0.25, 0.3) is 0 Å². The van der Waals surface area contributed by atoms with Crippen LogP contribution in [0.2, 0.25) is 0 Å². The average molecular weight is 258 g/mol. The lowest BCUT2D eigenvalue weighted by atomic mass is 9.98. The minimum atomic E-state index is -2.52. The Labute approximate surface area is 103 Å². The van der Waals surface area contributed by atoms with Gasteiger partial charge in [-0.15, -0.1) is 0 Å². The van der Waals surface area contributed by atoms with Crippen LogP contribution in [0.3, 0.4) is 0 Å². The number of hydrogen-bond acceptors (Lipinski definition) is 2. The van der Waals surface area contributed by atoms with Gasteiger partial charge in [0.1, 0.15) is 11.6 Å². The van der Waals surface area contributed by atoms with E-state index in [2.05, 4.69) is 0 Å². The van der Waals surface area contributed by atoms with E-state index in [-0.39, 0.29) is 12.3 Å². The highest BCUT2D eigenvalue weighted by Crippen LogP contribution is 2.17. The molecule has 0 aromatic heterocycles. The number of hydrogen-bond donors (Lipinski definition) is 0. The highest BCUT2D eigenvalue weighted by molar-refractivity contribution is 6.13. The van der Waals surface area contributed by atoms with Crippen LogP contribution in [0.5, 0.6) is 0 Å². The third-order valence-corrected chi connectivity index (χ3v) is 2.33. The van der Waals surface area contributed by atoms with Gasteiger partial charge < -0.3 is 0 Å². The number of benzene rings is 1. The second-order valence-corrected chi connectivity index (χ2v) is 4.39. The van der Waals surface area contributed by atoms with Crippen molar-refractivity contribution in [3.05, 3.63) is 35.4 Å². The maximum atomic E-state index is 13.6. The quantitative estimate of drug-likeness (QED) is 0.600. The maximum absolute atomic E-state index is 13.6. The van der Waals surface area contributed by atoms with Crippen LogP contribution in [-0.2, 0) is 4.79 Å². The minimum Gasteiger partial charge on any atom is -0.296 e. The Morgan fingerprint density at radius 1 is 1.17 bits per heavy atom. The van der Waals surface area contributed by atoms with Gasteiger partial charge in [-0.2, -0.15) is 0 Å². The molecular weight excluding hydrogens is 245 g/mol. The van der Waals surface area contributed by atoms with Gasteiger partial charge in [-0.05, 0) is 18.1 Å². The van der Waals surface area contributed by atoms with Gasteiger partial charge in [-0.1, -0.05) is 19.9 Å². The molecule has 0 radical (unpaired) electrons. The Morgan fingerprint density at radius 3 is 2.11 bits per heavy atom. The summed E-state index contributed by atoms with van der Waals surface area (Å²) in [7, 11) is 0. The van der Waals surface area contributed by atoms with Crippen molar-refractivity contribution < 1.29 is 22.8 Å². The molecule has 18 heavy (non-hydrogen) atoms. The molecule has 1 rings (SSSR count). The zero-order valence-electron chi connectivity index (χ0n) is 10.0. The fourth-order valence-corrected chi connectivity index (χ4v) is 1.51. The molecule has 0 heterocycles. The summed E-state index contributed by atoms with van der Waals surface area (Å²) in [6.07, 6.45) is -2.66. The molecule has 1 aromatic carbocycles. The highest BCUT2D eigenvalue weighted by Gasteiger charge is 2.31. The fourth-order valence-electron chi connectivity index (χ4n) is 1.51. The highest BCUT2D eigenvalue weighted by atomic mass is 19.1. The van der Waals surface area contributed by atoms with Crippen LogP contribution in [-0.4, -0.2) is 17.7 Å². The molecule has 1 atom stereocenters. The molecule has 5 heteroatoms. The molecule has 98 valence electrons. The van der Waals surface area contributed by atoms with Crippen LogP contribution in [0.4, 0.5) is 13.2 Å². The van der Waals surface area contributed by atoms with Crippen LogP contribution < -0.4 is 0 Å². The molecule has 0 aliphatic rings. The van der Waals surface area contributed by atoms with E-state index in [9.17, 15) is 22.8 Å². The Kier molecular flexibility index (Phi) is 4.64. The number of ketones is 2. The molecule has 0 aliphatic heterocycles. The SMILES string of the molecule is CC(C)CC(=O)C(F)C(=O)c1c(F)cccc1F. The molecule has 0 saturated carbocycles. The van der Waals surface area contributed by atoms with E-state index in [1.165, 1.54) is 0 Å². The van der Waals surface area contributed by atoms with E-state index in [4.69, 9.17) is 0 Å². The molecule has 2 nitrogen and oxygen atoms in total. The van der Waals surface area contributed by atoms with Crippen molar-refractivity contribution in [1.82, 2.24) is 0 Å². The summed E-state index contributed by atoms with van der Waals surface area (Å²) in [6.45, 7) is 3.36. The maximum Gasteiger partial charge on any atom is 0.221 e. The number of alkyl halides is 1. The number of carbonyl (C=O) groups is 2. The molecule has 0 saturated heterocycles. The fraction of sp³-hybridized carbons (Fsp3) is 0.385. The third-order valence-electron chi connectivity index (χ3n) is 2.33. The molecule has 0 aliphatic carbocycles. The molecule has 0 amide bonds. The first-order chi connectivity index (χ1) is 8.34. The monoisotopic (exact) mass is 258 g/mol. The van der Waals surface area contributed by atoms with E-state index in [0.29, 0.717) is 0 Å². The zero-order chi connectivity index (χ0) is 13.9. The molecule has 0 fully saturated rings. The van der Waals surface area contributed by atoms with Crippen molar-refractivity contribution in [2.75, 3.05) is 0 Å². The van der Waals surface area contributed by atoms with Crippen molar-refractivity contribution >= 4 is 11.6 Å². The molecule has 0 N–H and O–H groups in total. The van der Waals surface area contributed by atoms with Crippen LogP contribution in [0.1, 0.15) is 30.6 Å². The number of Topliss-reactive ketones (excluding diaryl/α,β-unsaturated/α-hetero) is 2. The van der Waals surface area contributed by atoms with E-state index in [0.717, 1.165) is 18.2 Å². The summed E-state index contributed by atoms with van der Waals surface area (Å²) >= 11 is 0. The van der Waals surface area contributed by atoms with Crippen molar-refractivity contribution in [3.8, 4) is 0 Å². The molecule has 0 bridgehead atoms. The van der Waals surface area contributed by atoms with Crippen LogP contribution >= 0.6 is 0 Å². The van der Waals surface area contributed by atoms with Gasteiger partial charge >= 0.3 is 0 Å². The van der Waals surface area contributed by atoms with Gasteiger partial charge in [-0.3, -0.25) is 9.59 Å². The van der Waals surface area contributed by atoms with Crippen molar-refractivity contribution in [2.24, 2.45) is 5.92 Å². The summed E-state index contributed by atoms with van der Waals surface area (Å²) in [5.41, 5.74) is -0.998. The molecular formula is C13H13F3O2. The second-order valence-electron chi connectivity index (χ2n) is 4.39. The molecule has 0 spiro atoms. The first-order valence-electron chi connectivity index (χ1n) is 5.49. The Balaban J connectivity index is 2.97. The first-order valence-corrected chi connectivity index (χ1v) is 5.49. The van der Waals surface area contributed by atoms with Gasteiger partial charge in [0.05, 0.1) is 5.56 Å². The summed E-state index contributed by atoms with van der Waals surface area (Å²) < 4.78 is 40.1. The standard InChI is InChI=1S/C13H13F3O2/c1-7(2)6-10(17)12(16)13(18)11-8(14)4-3-5-9(11)15/h3-5,7,12H,6H2,1-2H3. The number of rotatable bonds is 5. The summed E-state index contributed by atoms with van der Waals surface area (Å²) in [6, 6.07) is 2.75. The van der Waals surface area contributed by atoms with E-state index in [1.54, 1.807) is 13.8 Å². The van der Waals surface area contributed by atoms with E-state index in [1.807, 2.05) is 0 Å². The topological polar surface area (TPSA) is 34.1 Å².